The molecule has 2 aromatic carbocycles. The van der Waals surface area contributed by atoms with E-state index in [0.29, 0.717) is 43.5 Å². The highest BCUT2D eigenvalue weighted by Crippen LogP contribution is 2.40. The number of piperidine rings is 1. The lowest BCUT2D eigenvalue weighted by Crippen LogP contribution is -2.67. The van der Waals surface area contributed by atoms with Gasteiger partial charge in [0, 0.05) is 26.1 Å². The van der Waals surface area contributed by atoms with Crippen molar-refractivity contribution in [3.63, 3.8) is 0 Å². The molecule has 61 heavy (non-hydrogen) atoms. The standard InChI is InChI=1S/C44H63N7O8S2/c1-26-24-34(58-7)27(2)28(3)37(26)61(56,57)50-41(45)46-23-13-17-32(36(52)39-48-31-16-11-12-18-35(31)60-39)47-38(53)33-20-19-30-21-22-44(40(54)51(30)33,25-29-14-9-8-10-15-29)49-42(55)59-43(4,5)6/h8-12,14-16,18,26-28,30,32-34,36-37,52H,13,17,19-25H2,1-7H3,(H,47,53)(H,49,55)(H3,45,46,50). The molecule has 0 bridgehead atoms. The minimum Gasteiger partial charge on any atom is -0.444 e. The van der Waals surface area contributed by atoms with Crippen molar-refractivity contribution < 1.29 is 37.4 Å². The number of benzene rings is 2. The second kappa shape index (κ2) is 19.0. The predicted octanol–water partition coefficient (Wildman–Crippen LogP) is 5.18. The topological polar surface area (TPSA) is 215 Å². The van der Waals surface area contributed by atoms with Gasteiger partial charge in [0.2, 0.25) is 27.8 Å². The van der Waals surface area contributed by atoms with Crippen LogP contribution in [-0.2, 0) is 35.5 Å². The molecule has 10 atom stereocenters. The molecule has 1 saturated carbocycles. The van der Waals surface area contributed by atoms with E-state index >= 15 is 0 Å². The van der Waals surface area contributed by atoms with Crippen molar-refractivity contribution in [2.75, 3.05) is 13.7 Å². The number of hydrogen-bond acceptors (Lipinski definition) is 11. The van der Waals surface area contributed by atoms with Crippen molar-refractivity contribution in [2.24, 2.45) is 28.5 Å². The number of aliphatic imine (C=N–C) groups is 1. The van der Waals surface area contributed by atoms with Crippen molar-refractivity contribution in [3.8, 4) is 0 Å². The molecule has 6 rings (SSSR count). The summed E-state index contributed by atoms with van der Waals surface area (Å²) in [5, 5.41) is 17.6. The lowest BCUT2D eigenvalue weighted by Gasteiger charge is -2.45. The van der Waals surface area contributed by atoms with Crippen LogP contribution in [0.1, 0.15) is 103 Å². The number of methoxy groups -OCH3 is 1. The summed E-state index contributed by atoms with van der Waals surface area (Å²) in [6.45, 7) is 11.2. The quantitative estimate of drug-likeness (QED) is 0.0813. The van der Waals surface area contributed by atoms with Crippen molar-refractivity contribution in [1.82, 2.24) is 25.2 Å². The molecule has 3 fully saturated rings. The SMILES string of the molecule is COC1CC(C)C(S(=O)(=O)NC(N)=NCCCC(NC(=O)C2CCC3CCC(Cc4ccccc4)(NC(=O)OC(C)(C)C)C(=O)N32)C(O)c2nc3ccccc3s2)C(C)C1C. The number of para-hydroxylation sites is 1. The number of nitrogens with two attached hydrogens (primary N) is 1. The summed E-state index contributed by atoms with van der Waals surface area (Å²) in [5.74, 6) is -1.31. The first kappa shape index (κ1) is 46.2. The summed E-state index contributed by atoms with van der Waals surface area (Å²) >= 11 is 1.33. The van der Waals surface area contributed by atoms with E-state index in [2.05, 4.69) is 25.3 Å². The molecule has 15 nitrogen and oxygen atoms in total. The largest absolute Gasteiger partial charge is 0.444 e. The van der Waals surface area contributed by atoms with Crippen LogP contribution >= 0.6 is 11.3 Å². The van der Waals surface area contributed by atoms with Crippen molar-refractivity contribution in [1.29, 1.82) is 0 Å². The van der Waals surface area contributed by atoms with E-state index in [1.807, 2.05) is 75.4 Å². The zero-order valence-electron chi connectivity index (χ0n) is 36.3. The summed E-state index contributed by atoms with van der Waals surface area (Å²) in [6, 6.07) is 15.1. The number of ether oxygens (including phenoxy) is 2. The average molecular weight is 882 g/mol. The van der Waals surface area contributed by atoms with Crippen molar-refractivity contribution in [3.05, 3.63) is 65.2 Å². The van der Waals surface area contributed by atoms with Crippen LogP contribution in [0, 0.1) is 17.8 Å². The molecule has 6 N–H and O–H groups in total. The summed E-state index contributed by atoms with van der Waals surface area (Å²) in [5.41, 5.74) is 5.59. The number of aliphatic hydroxyl groups is 1. The van der Waals surface area contributed by atoms with Crippen LogP contribution in [0.25, 0.3) is 10.2 Å². The Kier molecular flexibility index (Phi) is 14.4. The zero-order chi connectivity index (χ0) is 44.3. The summed E-state index contributed by atoms with van der Waals surface area (Å²) in [4.78, 5) is 53.1. The first-order valence-electron chi connectivity index (χ1n) is 21.4. The minimum absolute atomic E-state index is 0.0289. The molecule has 17 heteroatoms. The Labute approximate surface area is 363 Å². The van der Waals surface area contributed by atoms with E-state index in [4.69, 9.17) is 15.2 Å². The number of carbonyl (C=O) groups is 3. The number of aliphatic hydroxyl groups excluding tert-OH is 1. The van der Waals surface area contributed by atoms with Gasteiger partial charge in [0.1, 0.15) is 28.3 Å². The lowest BCUT2D eigenvalue weighted by atomic mass is 9.74. The molecular formula is C44H63N7O8S2. The van der Waals surface area contributed by atoms with E-state index < -0.39 is 56.6 Å². The molecule has 2 aliphatic heterocycles. The van der Waals surface area contributed by atoms with E-state index in [0.717, 1.165) is 15.8 Å². The highest BCUT2D eigenvalue weighted by atomic mass is 32.2. The average Bonchev–Trinajstić information content (AvgIpc) is 3.83. The molecule has 2 saturated heterocycles. The highest BCUT2D eigenvalue weighted by molar-refractivity contribution is 7.90. The second-order valence-corrected chi connectivity index (χ2v) is 21.1. The van der Waals surface area contributed by atoms with Gasteiger partial charge in [0.15, 0.2) is 0 Å². The first-order valence-corrected chi connectivity index (χ1v) is 23.7. The molecule has 3 amide bonds. The molecule has 1 aliphatic carbocycles. The van der Waals surface area contributed by atoms with Crippen LogP contribution in [0.5, 0.6) is 0 Å². The van der Waals surface area contributed by atoms with Gasteiger partial charge in [-0.3, -0.25) is 19.3 Å². The van der Waals surface area contributed by atoms with E-state index in [1.54, 1.807) is 32.8 Å². The number of sulfonamides is 1. The summed E-state index contributed by atoms with van der Waals surface area (Å²) in [6.07, 6.45) is 1.42. The minimum atomic E-state index is -3.87. The molecule has 3 aromatic rings. The number of rotatable bonds is 14. The Bertz CT molecular complexity index is 2130. The van der Waals surface area contributed by atoms with Gasteiger partial charge in [-0.2, -0.15) is 0 Å². The van der Waals surface area contributed by atoms with Gasteiger partial charge >= 0.3 is 6.09 Å². The number of fused-ring (bicyclic) bond motifs is 2. The zero-order valence-corrected chi connectivity index (χ0v) is 37.9. The summed E-state index contributed by atoms with van der Waals surface area (Å²) < 4.78 is 41.8. The molecule has 3 heterocycles. The monoisotopic (exact) mass is 881 g/mol. The number of carbonyl (C=O) groups excluding carboxylic acids is 3. The molecule has 0 radical (unpaired) electrons. The van der Waals surface area contributed by atoms with Gasteiger partial charge in [-0.05, 0) is 101 Å². The second-order valence-electron chi connectivity index (χ2n) is 18.2. The normalized spacial score (nSPS) is 28.2. The van der Waals surface area contributed by atoms with Gasteiger partial charge in [-0.25, -0.2) is 18.2 Å². The van der Waals surface area contributed by atoms with Crippen molar-refractivity contribution in [2.45, 2.75) is 140 Å². The molecule has 0 spiro atoms. The summed E-state index contributed by atoms with van der Waals surface area (Å²) in [7, 11) is -2.22. The lowest BCUT2D eigenvalue weighted by molar-refractivity contribution is -0.150. The van der Waals surface area contributed by atoms with Gasteiger partial charge in [-0.1, -0.05) is 63.2 Å². The van der Waals surface area contributed by atoms with Gasteiger partial charge in [-0.15, -0.1) is 11.3 Å². The van der Waals surface area contributed by atoms with Crippen LogP contribution in [0.2, 0.25) is 0 Å². The van der Waals surface area contributed by atoms with Crippen molar-refractivity contribution >= 4 is 55.4 Å². The predicted molar refractivity (Wildman–Crippen MR) is 236 cm³/mol. The number of guanidine groups is 1. The third kappa shape index (κ3) is 10.7. The van der Waals surface area contributed by atoms with Crippen LogP contribution in [-0.4, -0.2) is 102 Å². The molecule has 3 aliphatic rings. The van der Waals surface area contributed by atoms with Crippen LogP contribution < -0.4 is 21.1 Å². The van der Waals surface area contributed by atoms with Crippen LogP contribution in [0.3, 0.4) is 0 Å². The van der Waals surface area contributed by atoms with Gasteiger partial charge in [0.25, 0.3) is 0 Å². The van der Waals surface area contributed by atoms with Crippen LogP contribution in [0.4, 0.5) is 4.79 Å². The maximum atomic E-state index is 14.8. The Hall–Kier alpha value is -4.32. The molecule has 1 aromatic heterocycles. The fourth-order valence-corrected chi connectivity index (χ4v) is 12.6. The number of thiazole rings is 1. The Balaban J connectivity index is 1.19. The third-order valence-corrected chi connectivity index (χ3v) is 15.9. The van der Waals surface area contributed by atoms with E-state index in [9.17, 15) is 27.9 Å². The molecular weight excluding hydrogens is 819 g/mol. The Morgan fingerprint density at radius 2 is 1.77 bits per heavy atom. The number of hydrogen-bond donors (Lipinski definition) is 5. The van der Waals surface area contributed by atoms with Gasteiger partial charge in [0.05, 0.1) is 27.6 Å². The Morgan fingerprint density at radius 1 is 1.07 bits per heavy atom. The molecule has 334 valence electrons. The number of amides is 3. The Morgan fingerprint density at radius 3 is 2.46 bits per heavy atom. The fraction of sp³-hybridized carbons (Fsp3) is 0.614. The smallest absolute Gasteiger partial charge is 0.408 e. The van der Waals surface area contributed by atoms with Gasteiger partial charge < -0.3 is 35.8 Å². The van der Waals surface area contributed by atoms with E-state index in [1.165, 1.54) is 11.3 Å². The highest BCUT2D eigenvalue weighted by Gasteiger charge is 2.54. The maximum Gasteiger partial charge on any atom is 0.408 e. The third-order valence-electron chi connectivity index (χ3n) is 12.7. The number of aromatic nitrogens is 1. The van der Waals surface area contributed by atoms with Crippen LogP contribution in [0.15, 0.2) is 59.6 Å². The van der Waals surface area contributed by atoms with E-state index in [-0.39, 0.29) is 61.2 Å². The fourth-order valence-electron chi connectivity index (χ4n) is 9.57. The first-order chi connectivity index (χ1) is 28.8. The maximum absolute atomic E-state index is 14.8. The molecule has 10 unspecified atom stereocenters. The number of alkyl carbamates (subject to hydrolysis) is 1. The number of nitrogens with zero attached hydrogens (tertiary/aromatic N) is 3. The number of nitrogens with one attached hydrogen (secondary N) is 3.